The minimum absolute atomic E-state index is 0.0978. The molecular weight excluding hydrogens is 536 g/mol. The van der Waals surface area contributed by atoms with Crippen LogP contribution in [0.2, 0.25) is 0 Å². The standard InChI is InChI=1S/C35H36N6O2/c36-39-35(40-37)38-33(42)30-15-13-27(14-16-30)24-41(32-21-19-29(20-22-32)28-9-5-2-6-10-28)34(43)31-17-11-26(12-18-31)23-25-7-3-1-4-8-25/h1,3-4,7-8,11-22,28,36H,2,5-6,9-10,23-24,37H2,(H,38,40,42). The molecule has 0 saturated heterocycles. The minimum Gasteiger partial charge on any atom is -0.320 e. The number of amides is 2. The third-order valence-electron chi connectivity index (χ3n) is 7.99. The molecule has 8 nitrogen and oxygen atoms in total. The van der Waals surface area contributed by atoms with Crippen LogP contribution in [-0.4, -0.2) is 17.8 Å². The van der Waals surface area contributed by atoms with Crippen molar-refractivity contribution in [1.29, 1.82) is 5.53 Å². The molecule has 0 bridgehead atoms. The zero-order valence-electron chi connectivity index (χ0n) is 24.1. The molecule has 43 heavy (non-hydrogen) atoms. The summed E-state index contributed by atoms with van der Waals surface area (Å²) in [5, 5.41) is 8.71. The fraction of sp³-hybridized carbons (Fsp3) is 0.229. The van der Waals surface area contributed by atoms with Crippen LogP contribution in [0.5, 0.6) is 0 Å². The third kappa shape index (κ3) is 7.60. The van der Waals surface area contributed by atoms with Gasteiger partial charge in [-0.3, -0.25) is 14.9 Å². The second-order valence-electron chi connectivity index (χ2n) is 10.9. The van der Waals surface area contributed by atoms with Crippen molar-refractivity contribution in [2.75, 3.05) is 4.90 Å². The normalized spacial score (nSPS) is 13.7. The van der Waals surface area contributed by atoms with Crippen LogP contribution >= 0.6 is 0 Å². The summed E-state index contributed by atoms with van der Waals surface area (Å²) in [6.07, 6.45) is 7.07. The Kier molecular flexibility index (Phi) is 9.69. The van der Waals surface area contributed by atoms with Gasteiger partial charge < -0.3 is 10.7 Å². The number of nitrogens with two attached hydrogens (primary N) is 1. The molecule has 4 aromatic rings. The number of hydrazone groups is 1. The molecule has 1 aliphatic carbocycles. The van der Waals surface area contributed by atoms with Gasteiger partial charge in [-0.05, 0) is 83.8 Å². The van der Waals surface area contributed by atoms with Gasteiger partial charge in [-0.2, -0.15) is 0 Å². The topological polar surface area (TPSA) is 124 Å². The summed E-state index contributed by atoms with van der Waals surface area (Å²) in [5.41, 5.74) is 13.4. The van der Waals surface area contributed by atoms with Crippen LogP contribution in [-0.2, 0) is 13.0 Å². The van der Waals surface area contributed by atoms with Crippen molar-refractivity contribution < 1.29 is 9.59 Å². The Hall–Kier alpha value is -5.11. The van der Waals surface area contributed by atoms with E-state index >= 15 is 0 Å². The highest BCUT2D eigenvalue weighted by Gasteiger charge is 2.21. The van der Waals surface area contributed by atoms with Gasteiger partial charge in [-0.15, -0.1) is 10.2 Å². The fourth-order valence-electron chi connectivity index (χ4n) is 5.60. The van der Waals surface area contributed by atoms with Crippen molar-refractivity contribution >= 4 is 23.5 Å². The first kappa shape index (κ1) is 29.4. The van der Waals surface area contributed by atoms with Crippen LogP contribution in [0, 0.1) is 5.53 Å². The molecule has 1 fully saturated rings. The van der Waals surface area contributed by atoms with Crippen LogP contribution in [0.1, 0.15) is 81.0 Å². The number of nitrogens with one attached hydrogen (secondary N) is 2. The summed E-state index contributed by atoms with van der Waals surface area (Å²) in [5.74, 6) is 4.86. The predicted molar refractivity (Wildman–Crippen MR) is 169 cm³/mol. The Morgan fingerprint density at radius 1 is 0.767 bits per heavy atom. The lowest BCUT2D eigenvalue weighted by Crippen LogP contribution is -2.31. The smallest absolute Gasteiger partial charge is 0.265 e. The first-order chi connectivity index (χ1) is 21.0. The Morgan fingerprint density at radius 3 is 2.00 bits per heavy atom. The number of rotatable bonds is 8. The van der Waals surface area contributed by atoms with E-state index in [1.807, 2.05) is 66.7 Å². The Bertz CT molecular complexity index is 1560. The highest BCUT2D eigenvalue weighted by molar-refractivity contribution is 6.06. The molecule has 0 radical (unpaired) electrons. The molecule has 0 aromatic heterocycles. The monoisotopic (exact) mass is 572 g/mol. The van der Waals surface area contributed by atoms with Gasteiger partial charge in [0.15, 0.2) is 0 Å². The molecular formula is C35H36N6O2. The Morgan fingerprint density at radius 2 is 1.37 bits per heavy atom. The van der Waals surface area contributed by atoms with E-state index in [2.05, 4.69) is 39.8 Å². The van der Waals surface area contributed by atoms with Crippen LogP contribution in [0.3, 0.4) is 0 Å². The molecule has 8 heteroatoms. The van der Waals surface area contributed by atoms with Crippen molar-refractivity contribution in [3.8, 4) is 0 Å². The maximum Gasteiger partial charge on any atom is 0.265 e. The van der Waals surface area contributed by atoms with Gasteiger partial charge in [0, 0.05) is 16.8 Å². The third-order valence-corrected chi connectivity index (χ3v) is 7.99. The summed E-state index contributed by atoms with van der Waals surface area (Å²) in [6.45, 7) is 0.326. The minimum atomic E-state index is -0.478. The van der Waals surface area contributed by atoms with Gasteiger partial charge in [0.1, 0.15) is 0 Å². The molecule has 1 saturated carbocycles. The summed E-state index contributed by atoms with van der Waals surface area (Å²) in [6, 6.07) is 33.4. The van der Waals surface area contributed by atoms with Crippen LogP contribution < -0.4 is 16.1 Å². The highest BCUT2D eigenvalue weighted by atomic mass is 16.2. The van der Waals surface area contributed by atoms with Crippen LogP contribution in [0.25, 0.3) is 0 Å². The summed E-state index contributed by atoms with van der Waals surface area (Å²) in [4.78, 5) is 28.2. The first-order valence-corrected chi connectivity index (χ1v) is 14.6. The van der Waals surface area contributed by atoms with E-state index in [0.717, 1.165) is 23.2 Å². The fourth-order valence-corrected chi connectivity index (χ4v) is 5.60. The SMILES string of the molecule is N=N/C(=N\N)NC(=O)c1ccc(CN(C(=O)c2ccc(Cc3ccccc3)cc2)c2ccc(C3CCCCC3)cc2)cc1. The van der Waals surface area contributed by atoms with Gasteiger partial charge in [0.25, 0.3) is 17.8 Å². The van der Waals surface area contributed by atoms with E-state index in [4.69, 9.17) is 11.4 Å². The molecule has 4 N–H and O–H groups in total. The van der Waals surface area contributed by atoms with E-state index in [0.29, 0.717) is 23.6 Å². The number of benzene rings is 4. The molecule has 0 unspecified atom stereocenters. The van der Waals surface area contributed by atoms with Gasteiger partial charge in [0.05, 0.1) is 6.54 Å². The van der Waals surface area contributed by atoms with Crippen LogP contribution in [0.15, 0.2) is 113 Å². The lowest BCUT2D eigenvalue weighted by atomic mass is 9.84. The number of carbonyl (C=O) groups excluding carboxylic acids is 2. The molecule has 218 valence electrons. The second-order valence-corrected chi connectivity index (χ2v) is 10.9. The van der Waals surface area contributed by atoms with E-state index in [1.165, 1.54) is 43.2 Å². The van der Waals surface area contributed by atoms with Crippen molar-refractivity contribution in [2.24, 2.45) is 16.1 Å². The first-order valence-electron chi connectivity index (χ1n) is 14.6. The summed E-state index contributed by atoms with van der Waals surface area (Å²) < 4.78 is 0. The van der Waals surface area contributed by atoms with Crippen molar-refractivity contribution in [1.82, 2.24) is 5.32 Å². The largest absolute Gasteiger partial charge is 0.320 e. The zero-order chi connectivity index (χ0) is 30.0. The van der Waals surface area contributed by atoms with Gasteiger partial charge in [-0.1, -0.05) is 86.0 Å². The Labute approximate surface area is 252 Å². The van der Waals surface area contributed by atoms with E-state index < -0.39 is 5.91 Å². The van der Waals surface area contributed by atoms with Crippen molar-refractivity contribution in [2.45, 2.75) is 51.0 Å². The molecule has 4 aromatic carbocycles. The second kappa shape index (κ2) is 14.2. The van der Waals surface area contributed by atoms with E-state index in [9.17, 15) is 9.59 Å². The quantitative estimate of drug-likeness (QED) is 0.0682. The molecule has 0 spiro atoms. The summed E-state index contributed by atoms with van der Waals surface area (Å²) in [7, 11) is 0. The molecule has 0 atom stereocenters. The zero-order valence-corrected chi connectivity index (χ0v) is 24.1. The lowest BCUT2D eigenvalue weighted by molar-refractivity contribution is 0.0970. The Balaban J connectivity index is 1.37. The number of hydrogen-bond acceptors (Lipinski definition) is 5. The average molecular weight is 573 g/mol. The van der Waals surface area contributed by atoms with Gasteiger partial charge >= 0.3 is 0 Å². The molecule has 2 amide bonds. The predicted octanol–water partition coefficient (Wildman–Crippen LogP) is 7.16. The molecule has 0 aliphatic heterocycles. The number of nitrogens with zero attached hydrogens (tertiary/aromatic N) is 3. The maximum atomic E-state index is 14.0. The van der Waals surface area contributed by atoms with Crippen molar-refractivity contribution in [3.63, 3.8) is 0 Å². The number of anilines is 1. The highest BCUT2D eigenvalue weighted by Crippen LogP contribution is 2.34. The molecule has 0 heterocycles. The maximum absolute atomic E-state index is 14.0. The molecule has 5 rings (SSSR count). The van der Waals surface area contributed by atoms with Gasteiger partial charge in [-0.25, -0.2) is 5.53 Å². The average Bonchev–Trinajstić information content (AvgIpc) is 3.07. The number of guanidine groups is 1. The van der Waals surface area contributed by atoms with E-state index in [1.54, 1.807) is 17.0 Å². The van der Waals surface area contributed by atoms with E-state index in [-0.39, 0.29) is 11.9 Å². The number of carbonyl (C=O) groups is 2. The summed E-state index contributed by atoms with van der Waals surface area (Å²) >= 11 is 0. The van der Waals surface area contributed by atoms with Crippen molar-refractivity contribution in [3.05, 3.63) is 137 Å². The number of hydrogen-bond donors (Lipinski definition) is 3. The van der Waals surface area contributed by atoms with Crippen LogP contribution in [0.4, 0.5) is 5.69 Å². The molecule has 1 aliphatic rings. The lowest BCUT2D eigenvalue weighted by Gasteiger charge is -2.26. The van der Waals surface area contributed by atoms with Gasteiger partial charge in [0.2, 0.25) is 0 Å².